The number of fused-ring (bicyclic) bond motifs is 1. The molecule has 0 radical (unpaired) electrons. The van der Waals surface area contributed by atoms with Crippen LogP contribution in [0.3, 0.4) is 0 Å². The molecule has 16 heavy (non-hydrogen) atoms. The van der Waals surface area contributed by atoms with Gasteiger partial charge in [0.25, 0.3) is 0 Å². The van der Waals surface area contributed by atoms with Crippen LogP contribution in [0.1, 0.15) is 32.1 Å². The van der Waals surface area contributed by atoms with Gasteiger partial charge in [-0.25, -0.2) is 4.98 Å². The van der Waals surface area contributed by atoms with Gasteiger partial charge in [0.2, 0.25) is 0 Å². The number of anilines is 1. The van der Waals surface area contributed by atoms with E-state index in [1.807, 2.05) is 12.1 Å². The first kappa shape index (κ1) is 10.4. The molecular formula is C13H17ClN2. The summed E-state index contributed by atoms with van der Waals surface area (Å²) in [5, 5.41) is 0.608. The fourth-order valence-electron chi connectivity index (χ4n) is 3.25. The van der Waals surface area contributed by atoms with E-state index in [1.54, 1.807) is 0 Å². The van der Waals surface area contributed by atoms with Crippen molar-refractivity contribution in [3.63, 3.8) is 0 Å². The number of halogens is 1. The maximum atomic E-state index is 5.96. The van der Waals surface area contributed by atoms with Crippen molar-refractivity contribution in [1.82, 2.24) is 4.98 Å². The number of nitrogens with zero attached hydrogens (tertiary/aromatic N) is 2. The van der Waals surface area contributed by atoms with Crippen LogP contribution < -0.4 is 4.90 Å². The molecule has 0 bridgehead atoms. The highest BCUT2D eigenvalue weighted by Crippen LogP contribution is 2.38. The second kappa shape index (κ2) is 4.25. The molecule has 0 aromatic carbocycles. The number of rotatable bonds is 1. The summed E-state index contributed by atoms with van der Waals surface area (Å²) >= 11 is 5.96. The van der Waals surface area contributed by atoms with Crippen LogP contribution in [0, 0.1) is 5.92 Å². The first-order valence-electron chi connectivity index (χ1n) is 6.24. The van der Waals surface area contributed by atoms with Gasteiger partial charge in [-0.3, -0.25) is 0 Å². The summed E-state index contributed by atoms with van der Waals surface area (Å²) in [6, 6.07) is 6.66. The van der Waals surface area contributed by atoms with E-state index in [-0.39, 0.29) is 0 Å². The molecule has 0 amide bonds. The molecule has 1 aromatic heterocycles. The Morgan fingerprint density at radius 2 is 2.06 bits per heavy atom. The molecule has 1 saturated heterocycles. The van der Waals surface area contributed by atoms with Crippen molar-refractivity contribution < 1.29 is 0 Å². The Morgan fingerprint density at radius 1 is 1.19 bits per heavy atom. The van der Waals surface area contributed by atoms with Crippen molar-refractivity contribution in [1.29, 1.82) is 0 Å². The summed E-state index contributed by atoms with van der Waals surface area (Å²) in [5.74, 6) is 1.97. The Balaban J connectivity index is 1.85. The Morgan fingerprint density at radius 3 is 2.94 bits per heavy atom. The maximum absolute atomic E-state index is 5.96. The highest BCUT2D eigenvalue weighted by molar-refractivity contribution is 6.29. The topological polar surface area (TPSA) is 16.1 Å². The van der Waals surface area contributed by atoms with E-state index in [9.17, 15) is 0 Å². The van der Waals surface area contributed by atoms with Crippen LogP contribution in [0.4, 0.5) is 5.82 Å². The molecule has 2 fully saturated rings. The molecule has 3 heteroatoms. The van der Waals surface area contributed by atoms with Gasteiger partial charge in [-0.05, 0) is 37.3 Å². The molecule has 1 aromatic rings. The van der Waals surface area contributed by atoms with Crippen molar-refractivity contribution in [2.24, 2.45) is 5.92 Å². The third-order valence-corrected chi connectivity index (χ3v) is 4.22. The molecular weight excluding hydrogens is 220 g/mol. The molecule has 1 aliphatic carbocycles. The van der Waals surface area contributed by atoms with Gasteiger partial charge < -0.3 is 4.90 Å². The SMILES string of the molecule is Clc1cccc(N2CCC3CCCCC32)n1. The van der Waals surface area contributed by atoms with E-state index in [0.717, 1.165) is 24.3 Å². The normalized spacial score (nSPS) is 29.2. The summed E-state index contributed by atoms with van der Waals surface area (Å²) in [5.41, 5.74) is 0. The Bertz CT molecular complexity index is 380. The average Bonchev–Trinajstić information content (AvgIpc) is 2.72. The lowest BCUT2D eigenvalue weighted by atomic mass is 9.85. The average molecular weight is 237 g/mol. The molecule has 0 N–H and O–H groups in total. The molecule has 1 aliphatic heterocycles. The molecule has 2 nitrogen and oxygen atoms in total. The van der Waals surface area contributed by atoms with Crippen LogP contribution in [-0.4, -0.2) is 17.6 Å². The van der Waals surface area contributed by atoms with Crippen molar-refractivity contribution >= 4 is 17.4 Å². The minimum atomic E-state index is 0.608. The molecule has 2 heterocycles. The fraction of sp³-hybridized carbons (Fsp3) is 0.615. The standard InChI is InChI=1S/C13H17ClN2/c14-12-6-3-7-13(15-12)16-9-8-10-4-1-2-5-11(10)16/h3,6-7,10-11H,1-2,4-5,8-9H2. The molecule has 2 aliphatic rings. The van der Waals surface area contributed by atoms with Crippen LogP contribution in [0.2, 0.25) is 5.15 Å². The van der Waals surface area contributed by atoms with Crippen LogP contribution in [-0.2, 0) is 0 Å². The van der Waals surface area contributed by atoms with Crippen LogP contribution in [0.5, 0.6) is 0 Å². The first-order valence-corrected chi connectivity index (χ1v) is 6.61. The molecule has 0 spiro atoms. The molecule has 1 saturated carbocycles. The number of hydrogen-bond acceptors (Lipinski definition) is 2. The maximum Gasteiger partial charge on any atom is 0.131 e. The van der Waals surface area contributed by atoms with Crippen molar-refractivity contribution in [3.05, 3.63) is 23.4 Å². The summed E-state index contributed by atoms with van der Waals surface area (Å²) < 4.78 is 0. The Labute approximate surface area is 102 Å². The minimum absolute atomic E-state index is 0.608. The smallest absolute Gasteiger partial charge is 0.131 e. The van der Waals surface area contributed by atoms with E-state index in [4.69, 9.17) is 11.6 Å². The Kier molecular flexibility index (Phi) is 2.76. The van der Waals surface area contributed by atoms with E-state index in [1.165, 1.54) is 32.1 Å². The first-order chi connectivity index (χ1) is 7.84. The monoisotopic (exact) mass is 236 g/mol. The van der Waals surface area contributed by atoms with Crippen LogP contribution >= 0.6 is 11.6 Å². The summed E-state index contributed by atoms with van der Waals surface area (Å²) in [6.45, 7) is 1.16. The zero-order valence-electron chi connectivity index (χ0n) is 9.40. The van der Waals surface area contributed by atoms with E-state index in [2.05, 4.69) is 16.0 Å². The van der Waals surface area contributed by atoms with E-state index >= 15 is 0 Å². The zero-order chi connectivity index (χ0) is 11.0. The van der Waals surface area contributed by atoms with Gasteiger partial charge >= 0.3 is 0 Å². The van der Waals surface area contributed by atoms with Gasteiger partial charge in [0.05, 0.1) is 0 Å². The van der Waals surface area contributed by atoms with Crippen LogP contribution in [0.25, 0.3) is 0 Å². The number of pyridine rings is 1. The van der Waals surface area contributed by atoms with Gasteiger partial charge in [-0.1, -0.05) is 30.5 Å². The quantitative estimate of drug-likeness (QED) is 0.694. The summed E-state index contributed by atoms with van der Waals surface area (Å²) in [7, 11) is 0. The predicted molar refractivity (Wildman–Crippen MR) is 67.0 cm³/mol. The van der Waals surface area contributed by atoms with Crippen molar-refractivity contribution in [3.8, 4) is 0 Å². The Hall–Kier alpha value is -0.760. The predicted octanol–water partition coefficient (Wildman–Crippen LogP) is 3.50. The third kappa shape index (κ3) is 1.80. The third-order valence-electron chi connectivity index (χ3n) is 4.00. The van der Waals surface area contributed by atoms with Gasteiger partial charge in [-0.15, -0.1) is 0 Å². The zero-order valence-corrected chi connectivity index (χ0v) is 10.2. The molecule has 86 valence electrons. The lowest BCUT2D eigenvalue weighted by Gasteiger charge is -2.32. The molecule has 3 rings (SSSR count). The van der Waals surface area contributed by atoms with Crippen molar-refractivity contribution in [2.45, 2.75) is 38.1 Å². The molecule has 2 atom stereocenters. The number of hydrogen-bond donors (Lipinski definition) is 0. The largest absolute Gasteiger partial charge is 0.353 e. The number of aromatic nitrogens is 1. The fourth-order valence-corrected chi connectivity index (χ4v) is 3.41. The van der Waals surface area contributed by atoms with Gasteiger partial charge in [0.1, 0.15) is 11.0 Å². The van der Waals surface area contributed by atoms with Gasteiger partial charge in [-0.2, -0.15) is 0 Å². The van der Waals surface area contributed by atoms with Crippen LogP contribution in [0.15, 0.2) is 18.2 Å². The lowest BCUT2D eigenvalue weighted by molar-refractivity contribution is 0.341. The minimum Gasteiger partial charge on any atom is -0.353 e. The summed E-state index contributed by atoms with van der Waals surface area (Å²) in [4.78, 5) is 6.91. The van der Waals surface area contributed by atoms with Gasteiger partial charge in [0.15, 0.2) is 0 Å². The highest BCUT2D eigenvalue weighted by atomic mass is 35.5. The van der Waals surface area contributed by atoms with E-state index < -0.39 is 0 Å². The second-order valence-electron chi connectivity index (χ2n) is 4.91. The lowest BCUT2D eigenvalue weighted by Crippen LogP contribution is -2.35. The van der Waals surface area contributed by atoms with E-state index in [0.29, 0.717) is 5.15 Å². The second-order valence-corrected chi connectivity index (χ2v) is 5.30. The highest BCUT2D eigenvalue weighted by Gasteiger charge is 2.36. The van der Waals surface area contributed by atoms with Crippen molar-refractivity contribution in [2.75, 3.05) is 11.4 Å². The molecule has 2 unspecified atom stereocenters. The summed E-state index contributed by atoms with van der Waals surface area (Å²) in [6.07, 6.45) is 6.86. The van der Waals surface area contributed by atoms with Gasteiger partial charge in [0, 0.05) is 12.6 Å².